The lowest BCUT2D eigenvalue weighted by Gasteiger charge is -2.26. The molecule has 1 aromatic carbocycles. The van der Waals surface area contributed by atoms with Gasteiger partial charge < -0.3 is 5.73 Å². The Morgan fingerprint density at radius 1 is 1.05 bits per heavy atom. The van der Waals surface area contributed by atoms with E-state index in [9.17, 15) is 13.2 Å². The van der Waals surface area contributed by atoms with Gasteiger partial charge in [-0.05, 0) is 50.0 Å². The fraction of sp³-hybridized carbons (Fsp3) is 0.571. The molecular formula is C14H21Cl2F3N2. The van der Waals surface area contributed by atoms with E-state index in [1.165, 1.54) is 12.8 Å². The SMILES string of the molecule is Cl.Cl.NCC(Cc1ccc(C(F)(F)F)cc1)N1CCCC1. The molecule has 1 aliphatic rings. The van der Waals surface area contributed by atoms with Crippen molar-refractivity contribution in [2.45, 2.75) is 31.5 Å². The van der Waals surface area contributed by atoms with Crippen LogP contribution in [0.3, 0.4) is 0 Å². The number of alkyl halides is 3. The van der Waals surface area contributed by atoms with Crippen LogP contribution in [0.2, 0.25) is 0 Å². The molecule has 0 amide bonds. The van der Waals surface area contributed by atoms with Crippen LogP contribution in [0, 0.1) is 0 Å². The largest absolute Gasteiger partial charge is 0.416 e. The van der Waals surface area contributed by atoms with Crippen LogP contribution in [-0.4, -0.2) is 30.6 Å². The van der Waals surface area contributed by atoms with Crippen LogP contribution in [0.4, 0.5) is 13.2 Å². The predicted octanol–water partition coefficient (Wildman–Crippen LogP) is 3.51. The number of nitrogens with two attached hydrogens (primary N) is 1. The van der Waals surface area contributed by atoms with E-state index < -0.39 is 11.7 Å². The standard InChI is InChI=1S/C14H19F3N2.2ClH/c15-14(16,17)12-5-3-11(4-6-12)9-13(10-18)19-7-1-2-8-19;;/h3-6,13H,1-2,7-10,18H2;2*1H. The Balaban J connectivity index is 0.00000200. The van der Waals surface area contributed by atoms with Crippen molar-refractivity contribution in [3.8, 4) is 0 Å². The maximum atomic E-state index is 12.5. The Hall–Kier alpha value is -0.490. The van der Waals surface area contributed by atoms with Gasteiger partial charge in [-0.3, -0.25) is 4.90 Å². The highest BCUT2D eigenvalue weighted by atomic mass is 35.5. The minimum atomic E-state index is -4.26. The van der Waals surface area contributed by atoms with Gasteiger partial charge in [0.15, 0.2) is 0 Å². The summed E-state index contributed by atoms with van der Waals surface area (Å²) in [6.07, 6.45) is -1.18. The van der Waals surface area contributed by atoms with Crippen molar-refractivity contribution in [3.05, 3.63) is 35.4 Å². The molecule has 2 N–H and O–H groups in total. The van der Waals surface area contributed by atoms with E-state index in [0.29, 0.717) is 13.0 Å². The molecule has 0 spiro atoms. The summed E-state index contributed by atoms with van der Waals surface area (Å²) in [5.41, 5.74) is 6.09. The molecule has 0 radical (unpaired) electrons. The molecule has 1 aromatic rings. The van der Waals surface area contributed by atoms with Crippen LogP contribution in [0.15, 0.2) is 24.3 Å². The smallest absolute Gasteiger partial charge is 0.329 e. The number of likely N-dealkylation sites (tertiary alicyclic amines) is 1. The second kappa shape index (κ2) is 8.83. The number of halogens is 5. The molecule has 122 valence electrons. The van der Waals surface area contributed by atoms with Gasteiger partial charge in [-0.1, -0.05) is 12.1 Å². The maximum absolute atomic E-state index is 12.5. The molecule has 1 fully saturated rings. The fourth-order valence-electron chi connectivity index (χ4n) is 2.57. The van der Waals surface area contributed by atoms with Gasteiger partial charge in [0.05, 0.1) is 5.56 Å². The van der Waals surface area contributed by atoms with Gasteiger partial charge >= 0.3 is 6.18 Å². The van der Waals surface area contributed by atoms with Crippen molar-refractivity contribution in [1.29, 1.82) is 0 Å². The normalized spacial score (nSPS) is 17.0. The van der Waals surface area contributed by atoms with Crippen LogP contribution < -0.4 is 5.73 Å². The molecule has 0 bridgehead atoms. The van der Waals surface area contributed by atoms with Gasteiger partial charge in [0.25, 0.3) is 0 Å². The Bertz CT molecular complexity index is 404. The first kappa shape index (κ1) is 20.5. The topological polar surface area (TPSA) is 29.3 Å². The van der Waals surface area contributed by atoms with Crippen molar-refractivity contribution < 1.29 is 13.2 Å². The van der Waals surface area contributed by atoms with Gasteiger partial charge in [-0.25, -0.2) is 0 Å². The van der Waals surface area contributed by atoms with Gasteiger partial charge in [-0.2, -0.15) is 13.2 Å². The van der Waals surface area contributed by atoms with Crippen molar-refractivity contribution in [2.24, 2.45) is 5.73 Å². The molecule has 2 nitrogen and oxygen atoms in total. The quantitative estimate of drug-likeness (QED) is 0.905. The third-order valence-electron chi connectivity index (χ3n) is 3.68. The zero-order valence-electron chi connectivity index (χ0n) is 11.6. The van der Waals surface area contributed by atoms with Gasteiger partial charge in [-0.15, -0.1) is 24.8 Å². The van der Waals surface area contributed by atoms with E-state index in [1.807, 2.05) is 0 Å². The molecule has 0 aliphatic carbocycles. The Morgan fingerprint density at radius 2 is 1.57 bits per heavy atom. The molecule has 1 atom stereocenters. The molecule has 1 heterocycles. The number of hydrogen-bond donors (Lipinski definition) is 1. The first-order valence-corrected chi connectivity index (χ1v) is 6.61. The van der Waals surface area contributed by atoms with E-state index in [0.717, 1.165) is 30.8 Å². The molecule has 1 unspecified atom stereocenters. The molecule has 1 saturated heterocycles. The number of nitrogens with zero attached hydrogens (tertiary/aromatic N) is 1. The highest BCUT2D eigenvalue weighted by molar-refractivity contribution is 5.85. The third-order valence-corrected chi connectivity index (χ3v) is 3.68. The van der Waals surface area contributed by atoms with E-state index in [4.69, 9.17) is 5.73 Å². The second-order valence-corrected chi connectivity index (χ2v) is 5.03. The fourth-order valence-corrected chi connectivity index (χ4v) is 2.57. The minimum Gasteiger partial charge on any atom is -0.329 e. The molecular weight excluding hydrogens is 324 g/mol. The van der Waals surface area contributed by atoms with Crippen LogP contribution >= 0.6 is 24.8 Å². The van der Waals surface area contributed by atoms with Crippen molar-refractivity contribution >= 4 is 24.8 Å². The van der Waals surface area contributed by atoms with E-state index >= 15 is 0 Å². The van der Waals surface area contributed by atoms with E-state index in [-0.39, 0.29) is 30.9 Å². The molecule has 0 saturated carbocycles. The predicted molar refractivity (Wildman–Crippen MR) is 83.3 cm³/mol. The van der Waals surface area contributed by atoms with Gasteiger partial charge in [0.1, 0.15) is 0 Å². The summed E-state index contributed by atoms with van der Waals surface area (Å²) in [5, 5.41) is 0. The summed E-state index contributed by atoms with van der Waals surface area (Å²) in [6, 6.07) is 5.64. The van der Waals surface area contributed by atoms with Crippen LogP contribution in [0.1, 0.15) is 24.0 Å². The molecule has 2 rings (SSSR count). The van der Waals surface area contributed by atoms with Crippen LogP contribution in [0.25, 0.3) is 0 Å². The van der Waals surface area contributed by atoms with Gasteiger partial charge in [0, 0.05) is 12.6 Å². The second-order valence-electron chi connectivity index (χ2n) is 5.03. The van der Waals surface area contributed by atoms with Gasteiger partial charge in [0.2, 0.25) is 0 Å². The van der Waals surface area contributed by atoms with E-state index in [2.05, 4.69) is 4.90 Å². The summed E-state index contributed by atoms with van der Waals surface area (Å²) in [5.74, 6) is 0. The number of hydrogen-bond acceptors (Lipinski definition) is 2. The minimum absolute atomic E-state index is 0. The molecule has 7 heteroatoms. The Labute approximate surface area is 135 Å². The zero-order chi connectivity index (χ0) is 13.9. The van der Waals surface area contributed by atoms with Crippen LogP contribution in [-0.2, 0) is 12.6 Å². The number of rotatable bonds is 4. The first-order chi connectivity index (χ1) is 9.00. The highest BCUT2D eigenvalue weighted by Gasteiger charge is 2.30. The lowest BCUT2D eigenvalue weighted by atomic mass is 10.0. The highest BCUT2D eigenvalue weighted by Crippen LogP contribution is 2.29. The lowest BCUT2D eigenvalue weighted by molar-refractivity contribution is -0.137. The van der Waals surface area contributed by atoms with Crippen molar-refractivity contribution in [1.82, 2.24) is 4.90 Å². The summed E-state index contributed by atoms with van der Waals surface area (Å²) in [7, 11) is 0. The summed E-state index contributed by atoms with van der Waals surface area (Å²) in [4.78, 5) is 2.33. The Kier molecular flexibility index (Phi) is 8.63. The van der Waals surface area contributed by atoms with Crippen LogP contribution in [0.5, 0.6) is 0 Å². The van der Waals surface area contributed by atoms with E-state index in [1.54, 1.807) is 12.1 Å². The molecule has 21 heavy (non-hydrogen) atoms. The number of benzene rings is 1. The average Bonchev–Trinajstić information content (AvgIpc) is 2.89. The monoisotopic (exact) mass is 344 g/mol. The molecule has 1 aliphatic heterocycles. The summed E-state index contributed by atoms with van der Waals surface area (Å²) < 4.78 is 37.4. The Morgan fingerprint density at radius 3 is 2.00 bits per heavy atom. The lowest BCUT2D eigenvalue weighted by Crippen LogP contribution is -2.40. The zero-order valence-corrected chi connectivity index (χ0v) is 13.2. The first-order valence-electron chi connectivity index (χ1n) is 6.61. The summed E-state index contributed by atoms with van der Waals surface area (Å²) >= 11 is 0. The maximum Gasteiger partial charge on any atom is 0.416 e. The molecule has 0 aromatic heterocycles. The third kappa shape index (κ3) is 5.66. The summed E-state index contributed by atoms with van der Waals surface area (Å²) in [6.45, 7) is 2.63. The average molecular weight is 345 g/mol. The van der Waals surface area contributed by atoms with Crippen molar-refractivity contribution in [2.75, 3.05) is 19.6 Å². The van der Waals surface area contributed by atoms with Crippen molar-refractivity contribution in [3.63, 3.8) is 0 Å².